The first kappa shape index (κ1) is 24.8. The highest BCUT2D eigenvalue weighted by Gasteiger charge is 2.36. The minimum atomic E-state index is -0.648. The first-order chi connectivity index (χ1) is 15.8. The van der Waals surface area contributed by atoms with Crippen LogP contribution in [0.4, 0.5) is 9.18 Å². The smallest absolute Gasteiger partial charge is 0.326 e. The van der Waals surface area contributed by atoms with Crippen molar-refractivity contribution in [1.82, 2.24) is 4.90 Å². The second kappa shape index (κ2) is 11.3. The van der Waals surface area contributed by atoms with Gasteiger partial charge in [0, 0.05) is 0 Å². The standard InChI is InChI=1S/C23H21BrFNO6S/c1-3-30-18-10-15(9-17(24)21(18)32-13-14-5-7-16(25)8-6-14)11-19-22(28)26(23(29)33-19)12-20(27)31-4-2/h5-11H,3-4,12-13H2,1-2H3/b19-11-. The van der Waals surface area contributed by atoms with Crippen LogP contribution in [0.5, 0.6) is 11.5 Å². The largest absolute Gasteiger partial charge is 0.490 e. The van der Waals surface area contributed by atoms with Crippen molar-refractivity contribution in [3.8, 4) is 11.5 Å². The fourth-order valence-corrected chi connectivity index (χ4v) is 4.35. The van der Waals surface area contributed by atoms with Crippen LogP contribution in [0.3, 0.4) is 0 Å². The molecule has 2 aromatic carbocycles. The third kappa shape index (κ3) is 6.35. The molecule has 0 aliphatic carbocycles. The van der Waals surface area contributed by atoms with Gasteiger partial charge in [-0.15, -0.1) is 0 Å². The lowest BCUT2D eigenvalue weighted by Crippen LogP contribution is -2.34. The van der Waals surface area contributed by atoms with E-state index >= 15 is 0 Å². The van der Waals surface area contributed by atoms with E-state index in [-0.39, 0.29) is 23.9 Å². The predicted octanol–water partition coefficient (Wildman–Crippen LogP) is 5.17. The minimum absolute atomic E-state index is 0.161. The Bertz CT molecular complexity index is 1090. The number of rotatable bonds is 9. The summed E-state index contributed by atoms with van der Waals surface area (Å²) >= 11 is 4.21. The molecule has 0 atom stereocenters. The molecule has 7 nitrogen and oxygen atoms in total. The van der Waals surface area contributed by atoms with Gasteiger partial charge in [0.25, 0.3) is 11.1 Å². The van der Waals surface area contributed by atoms with Gasteiger partial charge in [-0.05, 0) is 83.0 Å². The molecule has 0 bridgehead atoms. The summed E-state index contributed by atoms with van der Waals surface area (Å²) in [5.41, 5.74) is 1.38. The third-order valence-corrected chi connectivity index (χ3v) is 5.89. The monoisotopic (exact) mass is 537 g/mol. The van der Waals surface area contributed by atoms with Crippen molar-refractivity contribution in [2.24, 2.45) is 0 Å². The Kier molecular flexibility index (Phi) is 8.51. The molecule has 0 unspecified atom stereocenters. The van der Waals surface area contributed by atoms with E-state index in [1.54, 1.807) is 37.3 Å². The molecule has 33 heavy (non-hydrogen) atoms. The summed E-state index contributed by atoms with van der Waals surface area (Å²) in [7, 11) is 0. The Labute approximate surface area is 203 Å². The highest BCUT2D eigenvalue weighted by atomic mass is 79.9. The van der Waals surface area contributed by atoms with Crippen molar-refractivity contribution >= 4 is 50.9 Å². The van der Waals surface area contributed by atoms with Crippen molar-refractivity contribution in [1.29, 1.82) is 0 Å². The average molecular weight is 538 g/mol. The van der Waals surface area contributed by atoms with Crippen LogP contribution in [0.25, 0.3) is 6.08 Å². The molecule has 1 fully saturated rings. The van der Waals surface area contributed by atoms with Crippen molar-refractivity contribution in [3.63, 3.8) is 0 Å². The molecule has 2 aromatic rings. The molecule has 3 rings (SSSR count). The molecule has 10 heteroatoms. The number of thioether (sulfide) groups is 1. The van der Waals surface area contributed by atoms with Crippen LogP contribution in [0.15, 0.2) is 45.8 Å². The molecular formula is C23H21BrFNO6S. The Morgan fingerprint density at radius 3 is 2.52 bits per heavy atom. The van der Waals surface area contributed by atoms with Crippen LogP contribution in [0.1, 0.15) is 25.0 Å². The zero-order chi connectivity index (χ0) is 24.0. The van der Waals surface area contributed by atoms with Crippen molar-refractivity contribution in [2.45, 2.75) is 20.5 Å². The Hall–Kier alpha value is -2.85. The number of hydrogen-bond acceptors (Lipinski definition) is 7. The molecule has 1 aliphatic rings. The molecular weight excluding hydrogens is 517 g/mol. The molecule has 1 aliphatic heterocycles. The lowest BCUT2D eigenvalue weighted by Gasteiger charge is -2.15. The van der Waals surface area contributed by atoms with E-state index in [1.165, 1.54) is 12.1 Å². The van der Waals surface area contributed by atoms with Gasteiger partial charge < -0.3 is 14.2 Å². The van der Waals surface area contributed by atoms with Gasteiger partial charge in [-0.2, -0.15) is 0 Å². The fraction of sp³-hybridized carbons (Fsp3) is 0.261. The van der Waals surface area contributed by atoms with Crippen LogP contribution in [0.2, 0.25) is 0 Å². The lowest BCUT2D eigenvalue weighted by atomic mass is 10.1. The van der Waals surface area contributed by atoms with Crippen molar-refractivity contribution in [2.75, 3.05) is 19.8 Å². The summed E-state index contributed by atoms with van der Waals surface area (Å²) in [5, 5.41) is -0.539. The van der Waals surface area contributed by atoms with E-state index in [4.69, 9.17) is 14.2 Å². The number of halogens is 2. The quantitative estimate of drug-likeness (QED) is 0.322. The number of benzene rings is 2. The molecule has 2 amide bonds. The van der Waals surface area contributed by atoms with E-state index in [0.29, 0.717) is 28.1 Å². The molecule has 0 saturated carbocycles. The molecule has 0 radical (unpaired) electrons. The van der Waals surface area contributed by atoms with Crippen molar-refractivity contribution < 1.29 is 33.0 Å². The summed E-state index contributed by atoms with van der Waals surface area (Å²) in [5.74, 6) is -0.653. The van der Waals surface area contributed by atoms with E-state index in [9.17, 15) is 18.8 Å². The van der Waals surface area contributed by atoms with Crippen LogP contribution < -0.4 is 9.47 Å². The number of hydrogen-bond donors (Lipinski definition) is 0. The summed E-state index contributed by atoms with van der Waals surface area (Å²) in [6, 6.07) is 9.38. The first-order valence-electron chi connectivity index (χ1n) is 10.1. The zero-order valence-corrected chi connectivity index (χ0v) is 20.3. The highest BCUT2D eigenvalue weighted by Crippen LogP contribution is 2.39. The number of nitrogens with zero attached hydrogens (tertiary/aromatic N) is 1. The van der Waals surface area contributed by atoms with Crippen LogP contribution in [0, 0.1) is 5.82 Å². The topological polar surface area (TPSA) is 82.1 Å². The number of amides is 2. The Morgan fingerprint density at radius 1 is 1.12 bits per heavy atom. The summed E-state index contributed by atoms with van der Waals surface area (Å²) < 4.78 is 30.1. The first-order valence-corrected chi connectivity index (χ1v) is 11.7. The van der Waals surface area contributed by atoms with E-state index < -0.39 is 23.7 Å². The predicted molar refractivity (Wildman–Crippen MR) is 125 cm³/mol. The molecule has 0 aromatic heterocycles. The SMILES string of the molecule is CCOC(=O)CN1C(=O)S/C(=C\c2cc(Br)c(OCc3ccc(F)cc3)c(OCC)c2)C1=O. The van der Waals surface area contributed by atoms with E-state index in [2.05, 4.69) is 15.9 Å². The molecule has 1 heterocycles. The number of carbonyl (C=O) groups is 3. The Morgan fingerprint density at radius 2 is 1.85 bits per heavy atom. The zero-order valence-electron chi connectivity index (χ0n) is 17.9. The van der Waals surface area contributed by atoms with Gasteiger partial charge in [0.2, 0.25) is 0 Å². The van der Waals surface area contributed by atoms with Crippen LogP contribution in [-0.4, -0.2) is 41.8 Å². The van der Waals surface area contributed by atoms with Gasteiger partial charge in [-0.25, -0.2) is 4.39 Å². The minimum Gasteiger partial charge on any atom is -0.490 e. The second-order valence-corrected chi connectivity index (χ2v) is 8.60. The fourth-order valence-electron chi connectivity index (χ4n) is 2.93. The van der Waals surface area contributed by atoms with Gasteiger partial charge >= 0.3 is 5.97 Å². The van der Waals surface area contributed by atoms with Gasteiger partial charge in [-0.3, -0.25) is 19.3 Å². The average Bonchev–Trinajstić information content (AvgIpc) is 3.02. The van der Waals surface area contributed by atoms with Gasteiger partial charge in [0.05, 0.1) is 22.6 Å². The second-order valence-electron chi connectivity index (χ2n) is 6.75. The number of carbonyl (C=O) groups excluding carboxylic acids is 3. The summed E-state index contributed by atoms with van der Waals surface area (Å²) in [6.45, 7) is 3.77. The molecule has 1 saturated heterocycles. The maximum atomic E-state index is 13.1. The van der Waals surface area contributed by atoms with Crippen molar-refractivity contribution in [3.05, 3.63) is 62.7 Å². The normalized spacial score (nSPS) is 14.7. The van der Waals surface area contributed by atoms with Crippen LogP contribution in [-0.2, 0) is 20.9 Å². The lowest BCUT2D eigenvalue weighted by molar-refractivity contribution is -0.145. The molecule has 174 valence electrons. The number of ether oxygens (including phenoxy) is 3. The van der Waals surface area contributed by atoms with Gasteiger partial charge in [0.1, 0.15) is 19.0 Å². The molecule has 0 N–H and O–H groups in total. The summed E-state index contributed by atoms with van der Waals surface area (Å²) in [6.07, 6.45) is 1.55. The van der Waals surface area contributed by atoms with Gasteiger partial charge in [0.15, 0.2) is 11.5 Å². The van der Waals surface area contributed by atoms with E-state index in [1.807, 2.05) is 6.92 Å². The maximum Gasteiger partial charge on any atom is 0.326 e. The highest BCUT2D eigenvalue weighted by molar-refractivity contribution is 9.10. The maximum absolute atomic E-state index is 13.1. The van der Waals surface area contributed by atoms with Crippen LogP contribution >= 0.6 is 27.7 Å². The van der Waals surface area contributed by atoms with E-state index in [0.717, 1.165) is 22.2 Å². The summed E-state index contributed by atoms with van der Waals surface area (Å²) in [4.78, 5) is 37.5. The Balaban J connectivity index is 1.81. The number of imide groups is 1. The number of esters is 1. The van der Waals surface area contributed by atoms with Gasteiger partial charge in [-0.1, -0.05) is 12.1 Å². The third-order valence-electron chi connectivity index (χ3n) is 4.39. The molecule has 0 spiro atoms.